The van der Waals surface area contributed by atoms with Gasteiger partial charge in [-0.2, -0.15) is 0 Å². The van der Waals surface area contributed by atoms with Gasteiger partial charge in [0, 0.05) is 18.2 Å². The number of halogens is 1. The monoisotopic (exact) mass is 383 g/mol. The van der Waals surface area contributed by atoms with Crippen molar-refractivity contribution in [2.75, 3.05) is 17.6 Å². The van der Waals surface area contributed by atoms with Gasteiger partial charge in [-0.05, 0) is 30.2 Å². The first kappa shape index (κ1) is 22.0. The second-order valence-electron chi connectivity index (χ2n) is 5.79. The summed E-state index contributed by atoms with van der Waals surface area (Å²) in [5.74, 6) is -0.435. The van der Waals surface area contributed by atoms with E-state index in [0.29, 0.717) is 22.5 Å². The summed E-state index contributed by atoms with van der Waals surface area (Å²) in [5, 5.41) is 9.77. The van der Waals surface area contributed by atoms with Crippen molar-refractivity contribution in [1.29, 1.82) is 0 Å². The molecule has 0 bridgehead atoms. The van der Waals surface area contributed by atoms with Gasteiger partial charge < -0.3 is 5.11 Å². The molecule has 0 spiro atoms. The molecule has 0 aliphatic carbocycles. The molecule has 0 aliphatic heterocycles. The van der Waals surface area contributed by atoms with Crippen molar-refractivity contribution in [3.63, 3.8) is 0 Å². The second-order valence-corrected chi connectivity index (χ2v) is 7.80. The number of rotatable bonds is 5. The fourth-order valence-electron chi connectivity index (χ4n) is 2.26. The van der Waals surface area contributed by atoms with E-state index in [9.17, 15) is 17.9 Å². The zero-order valence-corrected chi connectivity index (χ0v) is 16.8. The van der Waals surface area contributed by atoms with E-state index >= 15 is 0 Å². The molecule has 6 nitrogen and oxygen atoms in total. The van der Waals surface area contributed by atoms with E-state index in [2.05, 4.69) is 9.97 Å². The Hall–Kier alpha value is -2.06. The van der Waals surface area contributed by atoms with E-state index in [1.54, 1.807) is 0 Å². The largest absolute Gasteiger partial charge is 0.392 e. The van der Waals surface area contributed by atoms with Crippen LogP contribution in [0, 0.1) is 5.82 Å². The molecule has 2 rings (SSSR count). The average Bonchev–Trinajstić information content (AvgIpc) is 2.61. The third-order valence-corrected chi connectivity index (χ3v) is 4.79. The first-order chi connectivity index (χ1) is 12.1. The van der Waals surface area contributed by atoms with Crippen molar-refractivity contribution < 1.29 is 17.9 Å². The lowest BCUT2D eigenvalue weighted by Gasteiger charge is -2.20. The van der Waals surface area contributed by atoms with Crippen LogP contribution in [0.2, 0.25) is 0 Å². The van der Waals surface area contributed by atoms with Crippen LogP contribution < -0.4 is 4.31 Å². The number of benzene rings is 1. The Labute approximate surface area is 154 Å². The molecule has 0 radical (unpaired) electrons. The average molecular weight is 383 g/mol. The maximum atomic E-state index is 13.2. The zero-order valence-electron chi connectivity index (χ0n) is 16.0. The summed E-state index contributed by atoms with van der Waals surface area (Å²) in [6.07, 6.45) is 1.06. The highest BCUT2D eigenvalue weighted by atomic mass is 32.2. The van der Waals surface area contributed by atoms with Crippen LogP contribution in [0.25, 0.3) is 11.3 Å². The molecular weight excluding hydrogens is 357 g/mol. The molecule has 0 saturated carbocycles. The Kier molecular flexibility index (Phi) is 7.65. The van der Waals surface area contributed by atoms with Crippen LogP contribution in [0.15, 0.2) is 24.3 Å². The van der Waals surface area contributed by atoms with E-state index in [4.69, 9.17) is 0 Å². The number of aliphatic hydroxyl groups excluding tert-OH is 1. The molecule has 1 heterocycles. The van der Waals surface area contributed by atoms with Crippen molar-refractivity contribution in [1.82, 2.24) is 9.97 Å². The minimum Gasteiger partial charge on any atom is -0.392 e. The van der Waals surface area contributed by atoms with Crippen LogP contribution in [0.1, 0.15) is 44.9 Å². The van der Waals surface area contributed by atoms with Crippen LogP contribution >= 0.6 is 0 Å². The summed E-state index contributed by atoms with van der Waals surface area (Å²) >= 11 is 0. The van der Waals surface area contributed by atoms with Crippen molar-refractivity contribution in [2.24, 2.45) is 0 Å². The number of aromatic nitrogens is 2. The fraction of sp³-hybridized carbons (Fsp3) is 0.444. The molecule has 0 aliphatic rings. The SMILES string of the molecule is CC.CC(C)c1nc(N(C)S(C)(=O)=O)nc(-c2ccc(F)cc2)c1CO. The standard InChI is InChI=1S/C16H20FN3O3S.C2H6/c1-10(2)14-13(9-21)15(11-5-7-12(17)8-6-11)19-16(18-14)20(3)24(4,22)23;1-2/h5-8,10,21H,9H2,1-4H3;1-2H3. The highest BCUT2D eigenvalue weighted by Crippen LogP contribution is 2.30. The Balaban J connectivity index is 0.00000163. The van der Waals surface area contributed by atoms with Crippen molar-refractivity contribution in [2.45, 2.75) is 40.2 Å². The maximum absolute atomic E-state index is 13.2. The molecule has 8 heteroatoms. The van der Waals surface area contributed by atoms with Gasteiger partial charge in [0.15, 0.2) is 0 Å². The molecular formula is C18H26FN3O3S. The zero-order chi connectivity index (χ0) is 20.1. The van der Waals surface area contributed by atoms with Gasteiger partial charge in [0.2, 0.25) is 16.0 Å². The Morgan fingerprint density at radius 2 is 1.69 bits per heavy atom. The molecule has 0 unspecified atom stereocenters. The fourth-order valence-corrected chi connectivity index (χ4v) is 2.64. The van der Waals surface area contributed by atoms with Crippen molar-refractivity contribution in [3.8, 4) is 11.3 Å². The van der Waals surface area contributed by atoms with Gasteiger partial charge >= 0.3 is 0 Å². The smallest absolute Gasteiger partial charge is 0.239 e. The summed E-state index contributed by atoms with van der Waals surface area (Å²) in [6, 6.07) is 5.64. The maximum Gasteiger partial charge on any atom is 0.239 e. The number of aliphatic hydroxyl groups is 1. The number of anilines is 1. The number of nitrogens with zero attached hydrogens (tertiary/aromatic N) is 3. The molecule has 1 N–H and O–H groups in total. The lowest BCUT2D eigenvalue weighted by Crippen LogP contribution is -2.27. The summed E-state index contributed by atoms with van der Waals surface area (Å²) in [4.78, 5) is 8.62. The highest BCUT2D eigenvalue weighted by Gasteiger charge is 2.22. The minimum absolute atomic E-state index is 0.0118. The molecule has 1 aromatic heterocycles. The lowest BCUT2D eigenvalue weighted by atomic mass is 9.99. The molecule has 26 heavy (non-hydrogen) atoms. The summed E-state index contributed by atoms with van der Waals surface area (Å²) in [5.41, 5.74) is 2.02. The first-order valence-electron chi connectivity index (χ1n) is 8.36. The molecule has 1 aromatic carbocycles. The number of hydrogen-bond donors (Lipinski definition) is 1. The molecule has 0 fully saturated rings. The molecule has 0 atom stereocenters. The summed E-state index contributed by atoms with van der Waals surface area (Å²) < 4.78 is 37.8. The summed E-state index contributed by atoms with van der Waals surface area (Å²) in [7, 11) is -2.17. The Morgan fingerprint density at radius 1 is 1.15 bits per heavy atom. The highest BCUT2D eigenvalue weighted by molar-refractivity contribution is 7.92. The van der Waals surface area contributed by atoms with Crippen molar-refractivity contribution >= 4 is 16.0 Å². The van der Waals surface area contributed by atoms with E-state index in [-0.39, 0.29) is 18.5 Å². The van der Waals surface area contributed by atoms with Crippen LogP contribution in [0.3, 0.4) is 0 Å². The predicted molar refractivity (Wildman–Crippen MR) is 102 cm³/mol. The van der Waals surface area contributed by atoms with Gasteiger partial charge in [-0.25, -0.2) is 27.1 Å². The van der Waals surface area contributed by atoms with E-state index < -0.39 is 15.8 Å². The van der Waals surface area contributed by atoms with Crippen LogP contribution in [-0.4, -0.2) is 36.8 Å². The van der Waals surface area contributed by atoms with Gasteiger partial charge in [-0.15, -0.1) is 0 Å². The van der Waals surface area contributed by atoms with Gasteiger partial charge in [0.25, 0.3) is 0 Å². The van der Waals surface area contributed by atoms with E-state index in [0.717, 1.165) is 10.6 Å². The quantitative estimate of drug-likeness (QED) is 0.856. The van der Waals surface area contributed by atoms with Gasteiger partial charge in [-0.1, -0.05) is 27.7 Å². The Morgan fingerprint density at radius 3 is 2.12 bits per heavy atom. The van der Waals surface area contributed by atoms with E-state index in [1.807, 2.05) is 27.7 Å². The number of hydrogen-bond acceptors (Lipinski definition) is 5. The second kappa shape index (κ2) is 9.05. The Bertz CT molecular complexity index is 838. The van der Waals surface area contributed by atoms with Crippen LogP contribution in [0.5, 0.6) is 0 Å². The minimum atomic E-state index is -3.54. The van der Waals surface area contributed by atoms with Gasteiger partial charge in [0.05, 0.1) is 24.3 Å². The predicted octanol–water partition coefficient (Wildman–Crippen LogP) is 3.32. The molecule has 2 aromatic rings. The lowest BCUT2D eigenvalue weighted by molar-refractivity contribution is 0.279. The third kappa shape index (κ3) is 4.98. The third-order valence-electron chi connectivity index (χ3n) is 3.63. The molecule has 144 valence electrons. The first-order valence-corrected chi connectivity index (χ1v) is 10.2. The van der Waals surface area contributed by atoms with E-state index in [1.165, 1.54) is 31.3 Å². The molecule has 0 saturated heterocycles. The van der Waals surface area contributed by atoms with Crippen LogP contribution in [0.4, 0.5) is 10.3 Å². The van der Waals surface area contributed by atoms with Gasteiger partial charge in [-0.3, -0.25) is 0 Å². The van der Waals surface area contributed by atoms with Crippen molar-refractivity contribution in [3.05, 3.63) is 41.3 Å². The van der Waals surface area contributed by atoms with Gasteiger partial charge in [0.1, 0.15) is 5.82 Å². The molecule has 0 amide bonds. The van der Waals surface area contributed by atoms with Crippen LogP contribution in [-0.2, 0) is 16.6 Å². The number of sulfonamides is 1. The topological polar surface area (TPSA) is 83.4 Å². The normalized spacial score (nSPS) is 11.1. The summed E-state index contributed by atoms with van der Waals surface area (Å²) in [6.45, 7) is 7.48.